The van der Waals surface area contributed by atoms with Crippen LogP contribution in [-0.4, -0.2) is 67.6 Å². The van der Waals surface area contributed by atoms with Crippen LogP contribution >= 0.6 is 0 Å². The summed E-state index contributed by atoms with van der Waals surface area (Å²) in [5.41, 5.74) is 3.22. The van der Waals surface area contributed by atoms with Gasteiger partial charge in [-0.2, -0.15) is 5.10 Å². The van der Waals surface area contributed by atoms with E-state index in [9.17, 15) is 9.59 Å². The average molecular weight is 497 g/mol. The van der Waals surface area contributed by atoms with Crippen molar-refractivity contribution in [3.8, 4) is 11.5 Å². The van der Waals surface area contributed by atoms with Crippen LogP contribution in [0.25, 0.3) is 0 Å². The van der Waals surface area contributed by atoms with E-state index in [1.807, 2.05) is 70.1 Å². The lowest BCUT2D eigenvalue weighted by Crippen LogP contribution is -2.31. The van der Waals surface area contributed by atoms with E-state index in [1.165, 1.54) is 5.01 Å². The number of carbonyl (C=O) groups is 2. The molecule has 1 aliphatic heterocycles. The third-order valence-electron chi connectivity index (χ3n) is 5.43. The molecule has 36 heavy (non-hydrogen) atoms. The zero-order valence-corrected chi connectivity index (χ0v) is 21.9. The van der Waals surface area contributed by atoms with E-state index in [4.69, 9.17) is 14.2 Å². The number of amides is 2. The van der Waals surface area contributed by atoms with E-state index in [0.717, 1.165) is 16.8 Å². The van der Waals surface area contributed by atoms with Crippen molar-refractivity contribution in [1.82, 2.24) is 9.91 Å². The number of ether oxygens (including phenoxy) is 3. The van der Waals surface area contributed by atoms with Crippen LogP contribution in [0.5, 0.6) is 11.5 Å². The second kappa shape index (κ2) is 12.4. The first-order valence-corrected chi connectivity index (χ1v) is 12.1. The van der Waals surface area contributed by atoms with Gasteiger partial charge in [-0.15, -0.1) is 0 Å². The summed E-state index contributed by atoms with van der Waals surface area (Å²) >= 11 is 0. The van der Waals surface area contributed by atoms with Crippen LogP contribution in [0.2, 0.25) is 0 Å². The molecular formula is C27H36N4O5. The van der Waals surface area contributed by atoms with E-state index >= 15 is 0 Å². The number of hydrogen-bond acceptors (Lipinski definition) is 7. The van der Waals surface area contributed by atoms with Gasteiger partial charge < -0.3 is 19.1 Å². The molecule has 9 nitrogen and oxygen atoms in total. The first-order valence-electron chi connectivity index (χ1n) is 12.1. The van der Waals surface area contributed by atoms with E-state index in [2.05, 4.69) is 10.4 Å². The fraction of sp³-hybridized carbons (Fsp3) is 0.444. The average Bonchev–Trinajstić information content (AvgIpc) is 2.80. The summed E-state index contributed by atoms with van der Waals surface area (Å²) in [4.78, 5) is 26.6. The Morgan fingerprint density at radius 2 is 1.81 bits per heavy atom. The van der Waals surface area contributed by atoms with Gasteiger partial charge in [-0.25, -0.2) is 9.80 Å². The summed E-state index contributed by atoms with van der Waals surface area (Å²) in [6.45, 7) is 6.73. The molecule has 2 aromatic carbocycles. The van der Waals surface area contributed by atoms with Crippen LogP contribution in [0.4, 0.5) is 10.5 Å². The molecule has 2 amide bonds. The highest BCUT2D eigenvalue weighted by atomic mass is 16.6. The Balaban J connectivity index is 1.67. The Kier molecular flexibility index (Phi) is 9.30. The number of benzene rings is 2. The number of nitrogens with one attached hydrogen (secondary N) is 1. The molecule has 0 fully saturated rings. The lowest BCUT2D eigenvalue weighted by Gasteiger charge is -2.24. The fourth-order valence-corrected chi connectivity index (χ4v) is 3.88. The highest BCUT2D eigenvalue weighted by Crippen LogP contribution is 2.30. The molecule has 1 heterocycles. The van der Waals surface area contributed by atoms with Crippen LogP contribution in [0, 0.1) is 0 Å². The number of carbonyl (C=O) groups excluding carboxylic acids is 2. The van der Waals surface area contributed by atoms with Crippen LogP contribution < -0.4 is 14.8 Å². The minimum atomic E-state index is -0.502. The molecule has 0 spiro atoms. The van der Waals surface area contributed by atoms with Gasteiger partial charge in [0, 0.05) is 30.6 Å². The zero-order valence-electron chi connectivity index (χ0n) is 21.9. The van der Waals surface area contributed by atoms with Crippen molar-refractivity contribution in [2.24, 2.45) is 5.10 Å². The quantitative estimate of drug-likeness (QED) is 0.520. The van der Waals surface area contributed by atoms with Crippen molar-refractivity contribution in [1.29, 1.82) is 0 Å². The summed E-state index contributed by atoms with van der Waals surface area (Å²) < 4.78 is 16.6. The van der Waals surface area contributed by atoms with Crippen molar-refractivity contribution >= 4 is 23.4 Å². The first-order chi connectivity index (χ1) is 17.1. The third kappa shape index (κ3) is 7.71. The van der Waals surface area contributed by atoms with Gasteiger partial charge in [-0.05, 0) is 70.8 Å². The molecule has 9 heteroatoms. The SMILES string of the molecule is COc1ccc(C2=NN(Cc3ccc(NC(=O)OC(C)CN(C)C)cc3)C(=O)CC2)cc1OC(C)C. The standard InChI is InChI=1S/C27H36N4O5/c1-18(2)35-25-15-21(9-13-24(25)34-6)23-12-14-26(32)31(29-23)17-20-7-10-22(11-8-20)28-27(33)36-19(3)16-30(4)5/h7-11,13,15,18-19H,12,14,16-17H2,1-6H3,(H,28,33). The molecule has 0 aliphatic carbocycles. The first kappa shape index (κ1) is 27.0. The number of nitrogens with zero attached hydrogens (tertiary/aromatic N) is 3. The molecule has 0 saturated heterocycles. The van der Waals surface area contributed by atoms with E-state index in [0.29, 0.717) is 43.1 Å². The summed E-state index contributed by atoms with van der Waals surface area (Å²) in [6.07, 6.45) is 0.205. The van der Waals surface area contributed by atoms with Crippen molar-refractivity contribution in [3.63, 3.8) is 0 Å². The Labute approximate surface area is 213 Å². The molecule has 0 saturated carbocycles. The molecule has 0 bridgehead atoms. The van der Waals surface area contributed by atoms with Crippen molar-refractivity contribution in [3.05, 3.63) is 53.6 Å². The summed E-state index contributed by atoms with van der Waals surface area (Å²) in [5.74, 6) is 1.27. The zero-order chi connectivity index (χ0) is 26.2. The summed E-state index contributed by atoms with van der Waals surface area (Å²) in [6, 6.07) is 13.0. The van der Waals surface area contributed by atoms with Gasteiger partial charge in [-0.1, -0.05) is 12.1 Å². The van der Waals surface area contributed by atoms with Gasteiger partial charge in [0.2, 0.25) is 5.91 Å². The van der Waals surface area contributed by atoms with Crippen molar-refractivity contribution in [2.75, 3.05) is 33.1 Å². The van der Waals surface area contributed by atoms with Gasteiger partial charge in [-0.3, -0.25) is 10.1 Å². The monoisotopic (exact) mass is 496 g/mol. The maximum absolute atomic E-state index is 12.6. The molecular weight excluding hydrogens is 460 g/mol. The van der Waals surface area contributed by atoms with Gasteiger partial charge in [0.15, 0.2) is 11.5 Å². The number of rotatable bonds is 10. The van der Waals surface area contributed by atoms with Gasteiger partial charge >= 0.3 is 6.09 Å². The van der Waals surface area contributed by atoms with Gasteiger partial charge in [0.25, 0.3) is 0 Å². The van der Waals surface area contributed by atoms with Gasteiger partial charge in [0.05, 0.1) is 25.5 Å². The molecule has 1 aliphatic rings. The fourth-order valence-electron chi connectivity index (χ4n) is 3.88. The highest BCUT2D eigenvalue weighted by molar-refractivity contribution is 6.04. The Hall–Kier alpha value is -3.59. The number of anilines is 1. The van der Waals surface area contributed by atoms with Crippen LogP contribution in [-0.2, 0) is 16.1 Å². The van der Waals surface area contributed by atoms with E-state index in [-0.39, 0.29) is 18.1 Å². The normalized spacial score (nSPS) is 14.5. The molecule has 0 aromatic heterocycles. The van der Waals surface area contributed by atoms with E-state index in [1.54, 1.807) is 19.2 Å². The second-order valence-electron chi connectivity index (χ2n) is 9.33. The van der Waals surface area contributed by atoms with Crippen molar-refractivity contribution in [2.45, 2.75) is 52.4 Å². The van der Waals surface area contributed by atoms with Crippen molar-refractivity contribution < 1.29 is 23.8 Å². The highest BCUT2D eigenvalue weighted by Gasteiger charge is 2.22. The lowest BCUT2D eigenvalue weighted by atomic mass is 10.0. The predicted molar refractivity (Wildman–Crippen MR) is 140 cm³/mol. The molecule has 1 atom stereocenters. The number of methoxy groups -OCH3 is 1. The number of hydrazone groups is 1. The predicted octanol–water partition coefficient (Wildman–Crippen LogP) is 4.51. The Morgan fingerprint density at radius 1 is 1.08 bits per heavy atom. The largest absolute Gasteiger partial charge is 0.493 e. The number of likely N-dealkylation sites (N-methyl/N-ethyl adjacent to an activating group) is 1. The van der Waals surface area contributed by atoms with Crippen LogP contribution in [0.3, 0.4) is 0 Å². The molecule has 0 radical (unpaired) electrons. The number of hydrogen-bond donors (Lipinski definition) is 1. The van der Waals surface area contributed by atoms with Gasteiger partial charge in [0.1, 0.15) is 6.10 Å². The van der Waals surface area contributed by atoms with E-state index < -0.39 is 6.09 Å². The molecule has 194 valence electrons. The minimum Gasteiger partial charge on any atom is -0.493 e. The Morgan fingerprint density at radius 3 is 2.44 bits per heavy atom. The smallest absolute Gasteiger partial charge is 0.411 e. The molecule has 2 aromatic rings. The third-order valence-corrected chi connectivity index (χ3v) is 5.43. The second-order valence-corrected chi connectivity index (χ2v) is 9.33. The molecule has 1 N–H and O–H groups in total. The lowest BCUT2D eigenvalue weighted by molar-refractivity contribution is -0.132. The van der Waals surface area contributed by atoms with Crippen LogP contribution in [0.1, 0.15) is 44.7 Å². The molecule has 1 unspecified atom stereocenters. The summed E-state index contributed by atoms with van der Waals surface area (Å²) in [5, 5.41) is 8.87. The maximum Gasteiger partial charge on any atom is 0.411 e. The maximum atomic E-state index is 12.6. The topological polar surface area (TPSA) is 92.7 Å². The molecule has 3 rings (SSSR count). The minimum absolute atomic E-state index is 0.00119. The Bertz CT molecular complexity index is 1080. The summed E-state index contributed by atoms with van der Waals surface area (Å²) in [7, 11) is 5.45. The van der Waals surface area contributed by atoms with Crippen LogP contribution in [0.15, 0.2) is 47.6 Å².